The van der Waals surface area contributed by atoms with Crippen molar-refractivity contribution in [3.05, 3.63) is 60.4 Å². The van der Waals surface area contributed by atoms with Crippen LogP contribution in [0, 0.1) is 0 Å². The third kappa shape index (κ3) is 2.94. The van der Waals surface area contributed by atoms with Gasteiger partial charge in [0.05, 0.1) is 23.3 Å². The third-order valence-corrected chi connectivity index (χ3v) is 3.81. The van der Waals surface area contributed by atoms with Gasteiger partial charge in [-0.1, -0.05) is 15.9 Å². The first-order valence-electron chi connectivity index (χ1n) is 6.68. The van der Waals surface area contributed by atoms with E-state index in [1.54, 1.807) is 42.6 Å². The molecule has 0 aliphatic carbocycles. The Morgan fingerprint density at radius 2 is 1.36 bits per heavy atom. The van der Waals surface area contributed by atoms with Crippen LogP contribution < -0.4 is 0 Å². The maximum atomic E-state index is 9.38. The van der Waals surface area contributed by atoms with E-state index in [9.17, 15) is 10.2 Å². The van der Waals surface area contributed by atoms with Crippen molar-refractivity contribution in [1.82, 2.24) is 9.97 Å². The highest BCUT2D eigenvalue weighted by Gasteiger charge is 2.10. The Bertz CT molecular complexity index is 787. The summed E-state index contributed by atoms with van der Waals surface area (Å²) >= 11 is 3.45. The molecule has 110 valence electrons. The van der Waals surface area contributed by atoms with Crippen LogP contribution in [0.1, 0.15) is 5.69 Å². The summed E-state index contributed by atoms with van der Waals surface area (Å²) in [6.45, 7) is 0. The van der Waals surface area contributed by atoms with Gasteiger partial charge >= 0.3 is 0 Å². The lowest BCUT2D eigenvalue weighted by Crippen LogP contribution is -1.97. The molecule has 5 heteroatoms. The zero-order chi connectivity index (χ0) is 15.5. The molecule has 2 aromatic carbocycles. The van der Waals surface area contributed by atoms with Crippen LogP contribution in [-0.2, 0) is 5.33 Å². The van der Waals surface area contributed by atoms with Crippen LogP contribution in [-0.4, -0.2) is 20.2 Å². The first-order valence-corrected chi connectivity index (χ1v) is 7.80. The van der Waals surface area contributed by atoms with Crippen LogP contribution in [0.15, 0.2) is 54.7 Å². The Morgan fingerprint density at radius 3 is 1.91 bits per heavy atom. The molecular formula is C17H13BrN2O2. The number of phenolic OH excluding ortho intramolecular Hbond substituents is 2. The minimum Gasteiger partial charge on any atom is -0.508 e. The maximum absolute atomic E-state index is 9.38. The average molecular weight is 357 g/mol. The number of hydrogen-bond donors (Lipinski definition) is 2. The van der Waals surface area contributed by atoms with Gasteiger partial charge in [-0.2, -0.15) is 0 Å². The summed E-state index contributed by atoms with van der Waals surface area (Å²) < 4.78 is 0. The number of aromatic hydroxyl groups is 2. The molecule has 0 saturated heterocycles. The number of nitrogens with zero attached hydrogens (tertiary/aromatic N) is 2. The van der Waals surface area contributed by atoms with Crippen LogP contribution in [0.3, 0.4) is 0 Å². The molecule has 3 aromatic rings. The van der Waals surface area contributed by atoms with Gasteiger partial charge in [-0.3, -0.25) is 4.98 Å². The lowest BCUT2D eigenvalue weighted by molar-refractivity contribution is 0.475. The Hall–Kier alpha value is -2.40. The Labute approximate surface area is 136 Å². The van der Waals surface area contributed by atoms with Gasteiger partial charge in [0, 0.05) is 16.5 Å². The van der Waals surface area contributed by atoms with Crippen molar-refractivity contribution in [3.8, 4) is 34.0 Å². The van der Waals surface area contributed by atoms with Crippen molar-refractivity contribution < 1.29 is 10.2 Å². The topological polar surface area (TPSA) is 66.2 Å². The van der Waals surface area contributed by atoms with E-state index in [1.165, 1.54) is 0 Å². The first kappa shape index (κ1) is 14.5. The van der Waals surface area contributed by atoms with Crippen LogP contribution in [0.5, 0.6) is 11.5 Å². The van der Waals surface area contributed by atoms with Crippen molar-refractivity contribution in [2.75, 3.05) is 0 Å². The van der Waals surface area contributed by atoms with Gasteiger partial charge < -0.3 is 10.2 Å². The monoisotopic (exact) mass is 356 g/mol. The van der Waals surface area contributed by atoms with Gasteiger partial charge in [-0.05, 0) is 48.5 Å². The molecule has 0 amide bonds. The molecule has 1 heterocycles. The average Bonchev–Trinajstić information content (AvgIpc) is 2.56. The quantitative estimate of drug-likeness (QED) is 0.692. The molecule has 4 nitrogen and oxygen atoms in total. The lowest BCUT2D eigenvalue weighted by atomic mass is 10.1. The highest BCUT2D eigenvalue weighted by atomic mass is 79.9. The number of alkyl halides is 1. The summed E-state index contributed by atoms with van der Waals surface area (Å²) in [6, 6.07) is 13.7. The summed E-state index contributed by atoms with van der Waals surface area (Å²) in [4.78, 5) is 9.15. The van der Waals surface area contributed by atoms with E-state index < -0.39 is 0 Å². The molecule has 0 aliphatic rings. The number of phenols is 2. The molecular weight excluding hydrogens is 344 g/mol. The largest absolute Gasteiger partial charge is 0.508 e. The van der Waals surface area contributed by atoms with Gasteiger partial charge in [-0.15, -0.1) is 0 Å². The number of rotatable bonds is 3. The molecule has 3 rings (SSSR count). The number of aromatic nitrogens is 2. The highest BCUT2D eigenvalue weighted by molar-refractivity contribution is 9.08. The van der Waals surface area contributed by atoms with E-state index in [-0.39, 0.29) is 11.5 Å². The van der Waals surface area contributed by atoms with Crippen LogP contribution in [0.2, 0.25) is 0 Å². The van der Waals surface area contributed by atoms with Crippen molar-refractivity contribution in [2.24, 2.45) is 0 Å². The normalized spacial score (nSPS) is 10.6. The van der Waals surface area contributed by atoms with Gasteiger partial charge in [0.2, 0.25) is 0 Å². The number of hydrogen-bond acceptors (Lipinski definition) is 4. The summed E-state index contributed by atoms with van der Waals surface area (Å²) in [7, 11) is 0. The Morgan fingerprint density at radius 1 is 0.818 bits per heavy atom. The van der Waals surface area contributed by atoms with Crippen molar-refractivity contribution in [2.45, 2.75) is 5.33 Å². The second-order valence-electron chi connectivity index (χ2n) is 4.78. The number of benzene rings is 2. The smallest absolute Gasteiger partial charge is 0.115 e. The second kappa shape index (κ2) is 6.15. The fraction of sp³-hybridized carbons (Fsp3) is 0.0588. The summed E-state index contributed by atoms with van der Waals surface area (Å²) in [5.74, 6) is 0.441. The molecule has 0 aliphatic heterocycles. The predicted octanol–water partition coefficient (Wildman–Crippen LogP) is 4.12. The van der Waals surface area contributed by atoms with E-state index in [4.69, 9.17) is 0 Å². The molecule has 22 heavy (non-hydrogen) atoms. The van der Waals surface area contributed by atoms with Crippen molar-refractivity contribution in [3.63, 3.8) is 0 Å². The molecule has 1 aromatic heterocycles. The van der Waals surface area contributed by atoms with E-state index in [1.807, 2.05) is 12.1 Å². The van der Waals surface area contributed by atoms with Gasteiger partial charge in [0.1, 0.15) is 11.5 Å². The number of halogens is 1. The van der Waals surface area contributed by atoms with Crippen molar-refractivity contribution in [1.29, 1.82) is 0 Å². The molecule has 0 atom stereocenters. The van der Waals surface area contributed by atoms with E-state index >= 15 is 0 Å². The van der Waals surface area contributed by atoms with E-state index in [0.29, 0.717) is 5.33 Å². The maximum Gasteiger partial charge on any atom is 0.115 e. The van der Waals surface area contributed by atoms with E-state index in [2.05, 4.69) is 25.9 Å². The zero-order valence-corrected chi connectivity index (χ0v) is 13.2. The molecule has 0 spiro atoms. The highest BCUT2D eigenvalue weighted by Crippen LogP contribution is 2.27. The molecule has 0 radical (unpaired) electrons. The summed E-state index contributed by atoms with van der Waals surface area (Å²) in [6.07, 6.45) is 1.71. The molecule has 0 unspecified atom stereocenters. The Balaban J connectivity index is 2.04. The standard InChI is InChI=1S/C17H13BrN2O2/c18-9-15-17(12-3-7-14(22)8-4-12)19-10-16(20-15)11-1-5-13(21)6-2-11/h1-8,10,21-22H,9H2. The minimum atomic E-state index is 0.220. The van der Waals surface area contributed by atoms with Gasteiger partial charge in [-0.25, -0.2) is 4.98 Å². The van der Waals surface area contributed by atoms with Crippen LogP contribution in [0.4, 0.5) is 0 Å². The fourth-order valence-electron chi connectivity index (χ4n) is 2.15. The first-order chi connectivity index (χ1) is 10.7. The van der Waals surface area contributed by atoms with Crippen LogP contribution in [0.25, 0.3) is 22.5 Å². The van der Waals surface area contributed by atoms with Crippen molar-refractivity contribution >= 4 is 15.9 Å². The molecule has 0 fully saturated rings. The summed E-state index contributed by atoms with van der Waals surface area (Å²) in [5, 5.41) is 19.3. The zero-order valence-electron chi connectivity index (χ0n) is 11.6. The molecule has 0 bridgehead atoms. The predicted molar refractivity (Wildman–Crippen MR) is 88.9 cm³/mol. The van der Waals surface area contributed by atoms with E-state index in [0.717, 1.165) is 28.2 Å². The second-order valence-corrected chi connectivity index (χ2v) is 5.34. The molecule has 0 saturated carbocycles. The summed E-state index contributed by atoms with van der Waals surface area (Å²) in [5.41, 5.74) is 4.13. The lowest BCUT2D eigenvalue weighted by Gasteiger charge is -2.09. The van der Waals surface area contributed by atoms with Crippen LogP contribution >= 0.6 is 15.9 Å². The van der Waals surface area contributed by atoms with Gasteiger partial charge in [0.25, 0.3) is 0 Å². The van der Waals surface area contributed by atoms with Gasteiger partial charge in [0.15, 0.2) is 0 Å². The molecule has 2 N–H and O–H groups in total. The fourth-order valence-corrected chi connectivity index (χ4v) is 2.54. The SMILES string of the molecule is Oc1ccc(-c2cnc(-c3ccc(O)cc3)c(CBr)n2)cc1. The Kier molecular flexibility index (Phi) is 4.06. The minimum absolute atomic E-state index is 0.220. The third-order valence-electron chi connectivity index (χ3n) is 3.28.